The second-order valence-corrected chi connectivity index (χ2v) is 3.99. The van der Waals surface area contributed by atoms with Crippen molar-refractivity contribution < 1.29 is 5.11 Å². The molecule has 1 aromatic heterocycles. The molecule has 0 bridgehead atoms. The van der Waals surface area contributed by atoms with Crippen molar-refractivity contribution in [3.05, 3.63) is 12.2 Å². The fourth-order valence-corrected chi connectivity index (χ4v) is 1.42. The highest BCUT2D eigenvalue weighted by Gasteiger charge is 2.01. The third kappa shape index (κ3) is 3.46. The van der Waals surface area contributed by atoms with Gasteiger partial charge in [0, 0.05) is 6.54 Å². The van der Waals surface area contributed by atoms with Gasteiger partial charge in [-0.3, -0.25) is 0 Å². The van der Waals surface area contributed by atoms with Gasteiger partial charge in [-0.25, -0.2) is 0 Å². The van der Waals surface area contributed by atoms with E-state index in [-0.39, 0.29) is 6.61 Å². The lowest BCUT2D eigenvalue weighted by molar-refractivity contribution is 0.264. The summed E-state index contributed by atoms with van der Waals surface area (Å²) in [6.45, 7) is 5.36. The van der Waals surface area contributed by atoms with E-state index in [0.717, 1.165) is 18.9 Å². The predicted octanol–water partition coefficient (Wildman–Crippen LogP) is 1.60. The van der Waals surface area contributed by atoms with Gasteiger partial charge < -0.3 is 9.67 Å². The maximum Gasteiger partial charge on any atom is 0.158 e. The van der Waals surface area contributed by atoms with Gasteiger partial charge in [-0.1, -0.05) is 26.7 Å². The van der Waals surface area contributed by atoms with Gasteiger partial charge in [-0.15, -0.1) is 10.2 Å². The molecule has 0 amide bonds. The van der Waals surface area contributed by atoms with E-state index in [1.165, 1.54) is 12.8 Å². The molecular weight excluding hydrogens is 178 g/mol. The van der Waals surface area contributed by atoms with Crippen molar-refractivity contribution in [2.75, 3.05) is 0 Å². The number of aryl methyl sites for hydroxylation is 1. The van der Waals surface area contributed by atoms with Crippen LogP contribution < -0.4 is 0 Å². The maximum absolute atomic E-state index is 8.93. The quantitative estimate of drug-likeness (QED) is 0.705. The standard InChI is InChI=1S/C10H19N3O/c1-9(2)5-3-4-6-13-8-11-12-10(13)7-14/h8-9,14H,3-7H2,1-2H3. The minimum absolute atomic E-state index is 0.0236. The van der Waals surface area contributed by atoms with Crippen molar-refractivity contribution in [1.29, 1.82) is 0 Å². The van der Waals surface area contributed by atoms with Gasteiger partial charge in [0.15, 0.2) is 5.82 Å². The van der Waals surface area contributed by atoms with Crippen LogP contribution in [0.25, 0.3) is 0 Å². The van der Waals surface area contributed by atoms with E-state index in [9.17, 15) is 0 Å². The zero-order valence-corrected chi connectivity index (χ0v) is 8.98. The molecule has 80 valence electrons. The normalized spacial score (nSPS) is 11.1. The molecule has 1 aromatic rings. The summed E-state index contributed by atoms with van der Waals surface area (Å²) in [5, 5.41) is 16.5. The van der Waals surface area contributed by atoms with E-state index in [2.05, 4.69) is 24.0 Å². The summed E-state index contributed by atoms with van der Waals surface area (Å²) in [6.07, 6.45) is 5.29. The zero-order valence-electron chi connectivity index (χ0n) is 8.98. The summed E-state index contributed by atoms with van der Waals surface area (Å²) in [6, 6.07) is 0. The van der Waals surface area contributed by atoms with Crippen molar-refractivity contribution in [2.24, 2.45) is 5.92 Å². The van der Waals surface area contributed by atoms with Gasteiger partial charge >= 0.3 is 0 Å². The molecule has 0 fully saturated rings. The Morgan fingerprint density at radius 1 is 1.43 bits per heavy atom. The monoisotopic (exact) mass is 197 g/mol. The van der Waals surface area contributed by atoms with Gasteiger partial charge in [0.2, 0.25) is 0 Å². The van der Waals surface area contributed by atoms with Gasteiger partial charge in [0.25, 0.3) is 0 Å². The molecule has 14 heavy (non-hydrogen) atoms. The van der Waals surface area contributed by atoms with Crippen LogP contribution in [0.1, 0.15) is 38.9 Å². The molecule has 4 nitrogen and oxygen atoms in total. The minimum atomic E-state index is -0.0236. The third-order valence-electron chi connectivity index (χ3n) is 2.27. The maximum atomic E-state index is 8.93. The largest absolute Gasteiger partial charge is 0.388 e. The molecule has 0 aliphatic carbocycles. The van der Waals surface area contributed by atoms with Crippen molar-refractivity contribution in [3.63, 3.8) is 0 Å². The lowest BCUT2D eigenvalue weighted by atomic mass is 10.1. The Bertz CT molecular complexity index is 258. The fourth-order valence-electron chi connectivity index (χ4n) is 1.42. The second kappa shape index (κ2) is 5.75. The van der Waals surface area contributed by atoms with E-state index in [1.54, 1.807) is 6.33 Å². The Labute approximate surface area is 85.0 Å². The second-order valence-electron chi connectivity index (χ2n) is 3.99. The molecule has 1 heterocycles. The zero-order chi connectivity index (χ0) is 10.4. The molecule has 4 heteroatoms. The van der Waals surface area contributed by atoms with Crippen molar-refractivity contribution in [2.45, 2.75) is 46.3 Å². The smallest absolute Gasteiger partial charge is 0.158 e. The average Bonchev–Trinajstić information content (AvgIpc) is 2.59. The van der Waals surface area contributed by atoms with E-state index < -0.39 is 0 Å². The minimum Gasteiger partial charge on any atom is -0.388 e. The highest BCUT2D eigenvalue weighted by molar-refractivity contribution is 4.81. The number of rotatable bonds is 6. The average molecular weight is 197 g/mol. The third-order valence-corrected chi connectivity index (χ3v) is 2.27. The van der Waals surface area contributed by atoms with Gasteiger partial charge in [0.1, 0.15) is 12.9 Å². The van der Waals surface area contributed by atoms with Crippen molar-refractivity contribution in [3.8, 4) is 0 Å². The number of aromatic nitrogens is 3. The molecule has 0 aromatic carbocycles. The molecule has 1 rings (SSSR count). The molecule has 0 unspecified atom stereocenters. The summed E-state index contributed by atoms with van der Waals surface area (Å²) in [5.74, 6) is 1.43. The Balaban J connectivity index is 2.24. The van der Waals surface area contributed by atoms with Crippen LogP contribution in [0.5, 0.6) is 0 Å². The molecule has 0 radical (unpaired) electrons. The Hall–Kier alpha value is -0.900. The molecule has 0 saturated carbocycles. The number of aliphatic hydroxyl groups is 1. The van der Waals surface area contributed by atoms with Crippen LogP contribution in [0, 0.1) is 5.92 Å². The fraction of sp³-hybridized carbons (Fsp3) is 0.800. The topological polar surface area (TPSA) is 50.9 Å². The molecule has 1 N–H and O–H groups in total. The highest BCUT2D eigenvalue weighted by Crippen LogP contribution is 2.07. The summed E-state index contributed by atoms with van der Waals surface area (Å²) in [5.41, 5.74) is 0. The Morgan fingerprint density at radius 2 is 2.21 bits per heavy atom. The van der Waals surface area contributed by atoms with Gasteiger partial charge in [-0.2, -0.15) is 0 Å². The molecular formula is C10H19N3O. The summed E-state index contributed by atoms with van der Waals surface area (Å²) >= 11 is 0. The van der Waals surface area contributed by atoms with Crippen LogP contribution in [-0.4, -0.2) is 19.9 Å². The van der Waals surface area contributed by atoms with E-state index in [1.807, 2.05) is 4.57 Å². The van der Waals surface area contributed by atoms with E-state index in [4.69, 9.17) is 5.11 Å². The Kier molecular flexibility index (Phi) is 4.59. The van der Waals surface area contributed by atoms with Crippen LogP contribution >= 0.6 is 0 Å². The Morgan fingerprint density at radius 3 is 2.86 bits per heavy atom. The lowest BCUT2D eigenvalue weighted by Gasteiger charge is -2.06. The summed E-state index contributed by atoms with van der Waals surface area (Å²) in [7, 11) is 0. The van der Waals surface area contributed by atoms with E-state index >= 15 is 0 Å². The number of hydrogen-bond acceptors (Lipinski definition) is 3. The molecule has 0 saturated heterocycles. The number of nitrogens with zero attached hydrogens (tertiary/aromatic N) is 3. The van der Waals surface area contributed by atoms with Crippen LogP contribution in [0.2, 0.25) is 0 Å². The molecule has 0 aliphatic heterocycles. The first kappa shape index (κ1) is 11.2. The SMILES string of the molecule is CC(C)CCCCn1cnnc1CO. The highest BCUT2D eigenvalue weighted by atomic mass is 16.3. The summed E-state index contributed by atoms with van der Waals surface area (Å²) in [4.78, 5) is 0. The van der Waals surface area contributed by atoms with Crippen molar-refractivity contribution >= 4 is 0 Å². The predicted molar refractivity (Wildman–Crippen MR) is 54.6 cm³/mol. The number of unbranched alkanes of at least 4 members (excludes halogenated alkanes) is 1. The van der Waals surface area contributed by atoms with Crippen molar-refractivity contribution in [1.82, 2.24) is 14.8 Å². The molecule has 0 aliphatic rings. The first-order valence-electron chi connectivity index (χ1n) is 5.21. The molecule has 0 atom stereocenters. The first-order valence-corrected chi connectivity index (χ1v) is 5.21. The lowest BCUT2D eigenvalue weighted by Crippen LogP contribution is -2.03. The van der Waals surface area contributed by atoms with Gasteiger partial charge in [0.05, 0.1) is 0 Å². The first-order chi connectivity index (χ1) is 6.74. The summed E-state index contributed by atoms with van der Waals surface area (Å²) < 4.78 is 1.92. The van der Waals surface area contributed by atoms with E-state index in [0.29, 0.717) is 5.82 Å². The van der Waals surface area contributed by atoms with Crippen LogP contribution in [-0.2, 0) is 13.2 Å². The number of hydrogen-bond donors (Lipinski definition) is 1. The van der Waals surface area contributed by atoms with Crippen LogP contribution in [0.15, 0.2) is 6.33 Å². The van der Waals surface area contributed by atoms with Crippen LogP contribution in [0.3, 0.4) is 0 Å². The van der Waals surface area contributed by atoms with Gasteiger partial charge in [-0.05, 0) is 12.3 Å². The number of aliphatic hydroxyl groups excluding tert-OH is 1. The van der Waals surface area contributed by atoms with Crippen LogP contribution in [0.4, 0.5) is 0 Å². The molecule has 0 spiro atoms.